The van der Waals surface area contributed by atoms with Crippen molar-refractivity contribution in [2.45, 2.75) is 33.4 Å². The maximum Gasteiger partial charge on any atom is 0.255 e. The van der Waals surface area contributed by atoms with E-state index in [2.05, 4.69) is 26.2 Å². The van der Waals surface area contributed by atoms with Gasteiger partial charge in [-0.25, -0.2) is 0 Å². The Morgan fingerprint density at radius 3 is 2.61 bits per heavy atom. The SMILES string of the molecule is CC1=C(C(=O)Nc2cccc(C)c2C)C(c2ccc(OCc3ccccc3Cl)cc2)n2nnnc2N1. The molecule has 0 saturated heterocycles. The molecule has 3 aromatic carbocycles. The number of anilines is 2. The third-order valence-electron chi connectivity index (χ3n) is 6.36. The number of nitrogens with one attached hydrogen (secondary N) is 2. The maximum atomic E-state index is 13.6. The van der Waals surface area contributed by atoms with Gasteiger partial charge in [0.15, 0.2) is 0 Å². The Morgan fingerprint density at radius 2 is 1.83 bits per heavy atom. The van der Waals surface area contributed by atoms with E-state index in [-0.39, 0.29) is 5.91 Å². The molecule has 0 bridgehead atoms. The number of benzene rings is 3. The van der Waals surface area contributed by atoms with Crippen molar-refractivity contribution in [3.05, 3.63) is 105 Å². The zero-order chi connectivity index (χ0) is 25.2. The molecule has 0 fully saturated rings. The molecular weight excluding hydrogens is 476 g/mol. The Bertz CT molecular complexity index is 1460. The van der Waals surface area contributed by atoms with Crippen LogP contribution in [0.5, 0.6) is 5.75 Å². The average molecular weight is 501 g/mol. The molecule has 4 aromatic rings. The Balaban J connectivity index is 1.43. The number of aromatic nitrogens is 4. The Kier molecular flexibility index (Phi) is 6.43. The van der Waals surface area contributed by atoms with Crippen LogP contribution in [-0.4, -0.2) is 26.1 Å². The van der Waals surface area contributed by atoms with Crippen molar-refractivity contribution in [1.82, 2.24) is 20.2 Å². The van der Waals surface area contributed by atoms with Gasteiger partial charge in [0.25, 0.3) is 5.91 Å². The first-order valence-electron chi connectivity index (χ1n) is 11.5. The smallest absolute Gasteiger partial charge is 0.255 e. The van der Waals surface area contributed by atoms with Crippen LogP contribution in [0.2, 0.25) is 5.02 Å². The predicted molar refractivity (Wildman–Crippen MR) is 139 cm³/mol. The summed E-state index contributed by atoms with van der Waals surface area (Å²) < 4.78 is 7.55. The van der Waals surface area contributed by atoms with Crippen molar-refractivity contribution in [1.29, 1.82) is 0 Å². The van der Waals surface area contributed by atoms with Gasteiger partial charge in [-0.2, -0.15) is 4.68 Å². The Morgan fingerprint density at radius 1 is 1.06 bits per heavy atom. The monoisotopic (exact) mass is 500 g/mol. The zero-order valence-electron chi connectivity index (χ0n) is 20.1. The third kappa shape index (κ3) is 4.55. The second-order valence-electron chi connectivity index (χ2n) is 8.66. The lowest BCUT2D eigenvalue weighted by Crippen LogP contribution is -2.31. The second kappa shape index (κ2) is 9.83. The molecule has 5 rings (SSSR count). The van der Waals surface area contributed by atoms with E-state index in [0.29, 0.717) is 34.6 Å². The molecule has 0 aliphatic carbocycles. The number of tetrazole rings is 1. The van der Waals surface area contributed by atoms with Crippen molar-refractivity contribution in [2.75, 3.05) is 10.6 Å². The highest BCUT2D eigenvalue weighted by Gasteiger charge is 2.34. The third-order valence-corrected chi connectivity index (χ3v) is 6.73. The van der Waals surface area contributed by atoms with Gasteiger partial charge in [0, 0.05) is 22.0 Å². The molecule has 0 spiro atoms. The van der Waals surface area contributed by atoms with Gasteiger partial charge >= 0.3 is 0 Å². The number of carbonyl (C=O) groups excluding carboxylic acids is 1. The summed E-state index contributed by atoms with van der Waals surface area (Å²) in [6, 6.07) is 20.5. The molecule has 2 N–H and O–H groups in total. The molecule has 1 unspecified atom stereocenters. The van der Waals surface area contributed by atoms with Crippen LogP contribution in [0.15, 0.2) is 78.0 Å². The summed E-state index contributed by atoms with van der Waals surface area (Å²) in [7, 11) is 0. The van der Waals surface area contributed by atoms with Crippen LogP contribution >= 0.6 is 11.6 Å². The quantitative estimate of drug-likeness (QED) is 0.365. The Hall–Kier alpha value is -4.17. The van der Waals surface area contributed by atoms with Crippen LogP contribution < -0.4 is 15.4 Å². The summed E-state index contributed by atoms with van der Waals surface area (Å²) in [5, 5.41) is 18.9. The lowest BCUT2D eigenvalue weighted by atomic mass is 9.94. The first-order valence-corrected chi connectivity index (χ1v) is 11.9. The normalized spacial score (nSPS) is 14.7. The molecule has 36 heavy (non-hydrogen) atoms. The molecule has 9 heteroatoms. The first-order chi connectivity index (χ1) is 17.4. The van der Waals surface area contributed by atoms with Gasteiger partial charge in [-0.15, -0.1) is 0 Å². The zero-order valence-corrected chi connectivity index (χ0v) is 20.9. The summed E-state index contributed by atoms with van der Waals surface area (Å²) in [4.78, 5) is 13.6. The number of rotatable bonds is 6. The Labute approximate surface area is 213 Å². The lowest BCUT2D eigenvalue weighted by molar-refractivity contribution is -0.113. The molecule has 0 saturated carbocycles. The highest BCUT2D eigenvalue weighted by atomic mass is 35.5. The van der Waals surface area contributed by atoms with E-state index in [1.807, 2.05) is 87.5 Å². The van der Waals surface area contributed by atoms with E-state index in [1.54, 1.807) is 4.68 Å². The topological polar surface area (TPSA) is 94.0 Å². The minimum Gasteiger partial charge on any atom is -0.489 e. The van der Waals surface area contributed by atoms with Gasteiger partial charge < -0.3 is 15.4 Å². The largest absolute Gasteiger partial charge is 0.489 e. The number of ether oxygens (including phenoxy) is 1. The van der Waals surface area contributed by atoms with Gasteiger partial charge in [0.2, 0.25) is 5.95 Å². The second-order valence-corrected chi connectivity index (χ2v) is 9.07. The fourth-order valence-electron chi connectivity index (χ4n) is 4.21. The fourth-order valence-corrected chi connectivity index (χ4v) is 4.40. The molecule has 8 nitrogen and oxygen atoms in total. The molecule has 1 atom stereocenters. The number of aryl methyl sites for hydroxylation is 1. The highest BCUT2D eigenvalue weighted by Crippen LogP contribution is 2.36. The molecule has 182 valence electrons. The average Bonchev–Trinajstić information content (AvgIpc) is 3.34. The molecular formula is C27H25ClN6O2. The predicted octanol–water partition coefficient (Wildman–Crippen LogP) is 5.45. The van der Waals surface area contributed by atoms with Gasteiger partial charge in [-0.05, 0) is 72.2 Å². The van der Waals surface area contributed by atoms with E-state index >= 15 is 0 Å². The van der Waals surface area contributed by atoms with Gasteiger partial charge in [-0.1, -0.05) is 59.2 Å². The van der Waals surface area contributed by atoms with Crippen LogP contribution in [0.25, 0.3) is 0 Å². The summed E-state index contributed by atoms with van der Waals surface area (Å²) >= 11 is 6.24. The summed E-state index contributed by atoms with van der Waals surface area (Å²) in [6.45, 7) is 6.21. The molecule has 0 radical (unpaired) electrons. The van der Waals surface area contributed by atoms with Crippen LogP contribution in [0.3, 0.4) is 0 Å². The minimum absolute atomic E-state index is 0.223. The summed E-state index contributed by atoms with van der Waals surface area (Å²) in [5.74, 6) is 0.936. The van der Waals surface area contributed by atoms with E-state index in [4.69, 9.17) is 16.3 Å². The number of fused-ring (bicyclic) bond motifs is 1. The number of amides is 1. The summed E-state index contributed by atoms with van der Waals surface area (Å²) in [5.41, 5.74) is 5.86. The molecule has 2 heterocycles. The number of halogens is 1. The number of allylic oxidation sites excluding steroid dienone is 1. The highest BCUT2D eigenvalue weighted by molar-refractivity contribution is 6.31. The van der Waals surface area contributed by atoms with Crippen molar-refractivity contribution in [3.8, 4) is 5.75 Å². The summed E-state index contributed by atoms with van der Waals surface area (Å²) in [6.07, 6.45) is 0. The van der Waals surface area contributed by atoms with E-state index in [1.165, 1.54) is 0 Å². The van der Waals surface area contributed by atoms with Gasteiger partial charge in [-0.3, -0.25) is 4.79 Å². The molecule has 1 amide bonds. The number of hydrogen-bond acceptors (Lipinski definition) is 6. The lowest BCUT2D eigenvalue weighted by Gasteiger charge is -2.28. The first kappa shape index (κ1) is 23.6. The molecule has 1 aliphatic rings. The van der Waals surface area contributed by atoms with Crippen molar-refractivity contribution < 1.29 is 9.53 Å². The molecule has 1 aliphatic heterocycles. The van der Waals surface area contributed by atoms with Gasteiger partial charge in [0.1, 0.15) is 18.4 Å². The van der Waals surface area contributed by atoms with E-state index in [0.717, 1.165) is 27.9 Å². The number of carbonyl (C=O) groups is 1. The molecule has 1 aromatic heterocycles. The minimum atomic E-state index is -0.515. The van der Waals surface area contributed by atoms with Crippen molar-refractivity contribution >= 4 is 29.1 Å². The van der Waals surface area contributed by atoms with E-state index in [9.17, 15) is 4.79 Å². The van der Waals surface area contributed by atoms with Crippen LogP contribution in [0.1, 0.15) is 35.2 Å². The van der Waals surface area contributed by atoms with Crippen LogP contribution in [0.4, 0.5) is 11.6 Å². The van der Waals surface area contributed by atoms with Crippen LogP contribution in [-0.2, 0) is 11.4 Å². The van der Waals surface area contributed by atoms with Crippen molar-refractivity contribution in [2.24, 2.45) is 0 Å². The standard InChI is InChI=1S/C27H25ClN6O2/c1-16-7-6-10-23(17(16)2)30-26(35)24-18(3)29-27-31-32-33-34(27)25(24)19-11-13-21(14-12-19)36-15-20-8-4-5-9-22(20)28/h4-14,25H,15H2,1-3H3,(H,30,35)(H,29,31,33). The number of hydrogen-bond donors (Lipinski definition) is 2. The van der Waals surface area contributed by atoms with Crippen molar-refractivity contribution in [3.63, 3.8) is 0 Å². The fraction of sp³-hybridized carbons (Fsp3) is 0.185. The van der Waals surface area contributed by atoms with E-state index < -0.39 is 6.04 Å². The van der Waals surface area contributed by atoms with Crippen LogP contribution in [0, 0.1) is 13.8 Å². The number of nitrogens with zero attached hydrogens (tertiary/aromatic N) is 4. The maximum absolute atomic E-state index is 13.6. The van der Waals surface area contributed by atoms with Gasteiger partial charge in [0.05, 0.1) is 5.57 Å².